The second-order valence-electron chi connectivity index (χ2n) is 7.54. The number of likely N-dealkylation sites (N-methyl/N-ethyl adjacent to an activating group) is 1. The predicted molar refractivity (Wildman–Crippen MR) is 98.7 cm³/mol. The molecule has 1 aliphatic heterocycles. The lowest BCUT2D eigenvalue weighted by Gasteiger charge is -2.28. The highest BCUT2D eigenvalue weighted by atomic mass is 16.5. The van der Waals surface area contributed by atoms with E-state index in [1.165, 1.54) is 12.8 Å². The molecule has 4 heterocycles. The zero-order valence-electron chi connectivity index (χ0n) is 15.2. The van der Waals surface area contributed by atoms with Crippen LogP contribution in [0.1, 0.15) is 37.7 Å². The van der Waals surface area contributed by atoms with Crippen LogP contribution in [0.4, 0.5) is 0 Å². The van der Waals surface area contributed by atoms with Crippen LogP contribution < -0.4 is 0 Å². The van der Waals surface area contributed by atoms with Crippen LogP contribution in [0.3, 0.4) is 0 Å². The van der Waals surface area contributed by atoms with Crippen molar-refractivity contribution in [1.82, 2.24) is 29.6 Å². The van der Waals surface area contributed by atoms with E-state index < -0.39 is 0 Å². The highest BCUT2D eigenvalue weighted by Gasteiger charge is 2.34. The van der Waals surface area contributed by atoms with Gasteiger partial charge in [0.15, 0.2) is 11.6 Å². The molecule has 0 amide bonds. The second-order valence-corrected chi connectivity index (χ2v) is 7.54. The lowest BCUT2D eigenvalue weighted by molar-refractivity contribution is -0.0256. The Morgan fingerprint density at radius 2 is 2.23 bits per heavy atom. The first-order valence-electron chi connectivity index (χ1n) is 9.40. The molecule has 3 aromatic rings. The van der Waals surface area contributed by atoms with Crippen LogP contribution in [0.25, 0.3) is 22.4 Å². The monoisotopic (exact) mass is 352 g/mol. The van der Waals surface area contributed by atoms with Gasteiger partial charge in [-0.2, -0.15) is 5.10 Å². The number of ether oxygens (including phenoxy) is 1. The highest BCUT2D eigenvalue weighted by Crippen LogP contribution is 2.41. The van der Waals surface area contributed by atoms with E-state index in [1.807, 2.05) is 12.3 Å². The summed E-state index contributed by atoms with van der Waals surface area (Å²) in [6.45, 7) is 4.76. The van der Waals surface area contributed by atoms with Crippen LogP contribution in [0.15, 0.2) is 24.5 Å². The van der Waals surface area contributed by atoms with Crippen molar-refractivity contribution < 1.29 is 4.74 Å². The zero-order valence-corrected chi connectivity index (χ0v) is 15.2. The fraction of sp³-hybridized carbons (Fsp3) is 0.526. The van der Waals surface area contributed by atoms with Gasteiger partial charge in [-0.05, 0) is 44.9 Å². The van der Waals surface area contributed by atoms with Gasteiger partial charge in [0.2, 0.25) is 0 Å². The lowest BCUT2D eigenvalue weighted by atomic mass is 10.2. The minimum absolute atomic E-state index is 0.0662. The number of aromatic nitrogens is 5. The smallest absolute Gasteiger partial charge is 0.181 e. The van der Waals surface area contributed by atoms with E-state index in [2.05, 4.69) is 39.6 Å². The molecule has 1 N–H and O–H groups in total. The van der Waals surface area contributed by atoms with Crippen molar-refractivity contribution in [3.05, 3.63) is 30.4 Å². The molecular formula is C19H24N6O. The van der Waals surface area contributed by atoms with E-state index in [9.17, 15) is 0 Å². The molecule has 1 saturated heterocycles. The molecule has 2 unspecified atom stereocenters. The molecule has 0 bridgehead atoms. The number of fused-ring (bicyclic) bond motifs is 1. The van der Waals surface area contributed by atoms with Crippen LogP contribution in [0, 0.1) is 5.92 Å². The Kier molecular flexibility index (Phi) is 3.79. The quantitative estimate of drug-likeness (QED) is 0.782. The Labute approximate surface area is 152 Å². The van der Waals surface area contributed by atoms with Crippen LogP contribution in [-0.2, 0) is 4.74 Å². The number of nitrogens with one attached hydrogen (secondary N) is 1. The molecule has 26 heavy (non-hydrogen) atoms. The summed E-state index contributed by atoms with van der Waals surface area (Å²) in [4.78, 5) is 14.9. The van der Waals surface area contributed by atoms with Crippen molar-refractivity contribution in [2.45, 2.75) is 31.9 Å². The van der Waals surface area contributed by atoms with Gasteiger partial charge in [0, 0.05) is 36.4 Å². The van der Waals surface area contributed by atoms with E-state index in [-0.39, 0.29) is 6.10 Å². The third-order valence-corrected chi connectivity index (χ3v) is 5.59. The molecule has 7 heteroatoms. The molecule has 0 aromatic carbocycles. The van der Waals surface area contributed by atoms with Gasteiger partial charge in [-0.25, -0.2) is 14.6 Å². The van der Waals surface area contributed by atoms with Crippen molar-refractivity contribution in [3.63, 3.8) is 0 Å². The summed E-state index contributed by atoms with van der Waals surface area (Å²) in [6.07, 6.45) is 6.28. The van der Waals surface area contributed by atoms with Crippen molar-refractivity contribution >= 4 is 11.0 Å². The Hall–Kier alpha value is -2.25. The number of hydrogen-bond donors (Lipinski definition) is 1. The highest BCUT2D eigenvalue weighted by molar-refractivity contribution is 5.91. The minimum atomic E-state index is -0.0662. The fourth-order valence-electron chi connectivity index (χ4n) is 3.80. The van der Waals surface area contributed by atoms with Gasteiger partial charge in [-0.15, -0.1) is 0 Å². The predicted octanol–water partition coefficient (Wildman–Crippen LogP) is 2.80. The molecular weight excluding hydrogens is 328 g/mol. The number of hydrogen-bond acceptors (Lipinski definition) is 5. The first-order valence-corrected chi connectivity index (χ1v) is 9.40. The maximum Gasteiger partial charge on any atom is 0.181 e. The summed E-state index contributed by atoms with van der Waals surface area (Å²) in [5, 5.41) is 5.99. The van der Waals surface area contributed by atoms with Crippen LogP contribution in [0.2, 0.25) is 0 Å². The third kappa shape index (κ3) is 2.71. The maximum absolute atomic E-state index is 5.96. The molecule has 2 fully saturated rings. The Morgan fingerprint density at radius 1 is 1.35 bits per heavy atom. The number of morpholine rings is 1. The molecule has 0 radical (unpaired) electrons. The Balaban J connectivity index is 1.60. The van der Waals surface area contributed by atoms with Crippen molar-refractivity contribution in [2.75, 3.05) is 26.7 Å². The standard InChI is InChI=1S/C19H24N6O/c1-12(13-5-6-13)25-19(15-10-21-17-14(15)4-3-7-20-17)22-18(23-25)16-11-24(2)8-9-26-16/h3-4,7,10,12-13,16H,5-6,8-9,11H2,1-2H3,(H,20,21). The van der Waals surface area contributed by atoms with Gasteiger partial charge in [0.25, 0.3) is 0 Å². The number of rotatable bonds is 4. The summed E-state index contributed by atoms with van der Waals surface area (Å²) in [5.41, 5.74) is 1.94. The van der Waals surface area contributed by atoms with E-state index in [4.69, 9.17) is 14.8 Å². The largest absolute Gasteiger partial charge is 0.367 e. The molecule has 2 atom stereocenters. The van der Waals surface area contributed by atoms with E-state index in [1.54, 1.807) is 6.20 Å². The topological polar surface area (TPSA) is 71.9 Å². The maximum atomic E-state index is 5.96. The van der Waals surface area contributed by atoms with Gasteiger partial charge in [0.1, 0.15) is 11.8 Å². The van der Waals surface area contributed by atoms with Gasteiger partial charge in [-0.3, -0.25) is 0 Å². The van der Waals surface area contributed by atoms with Gasteiger partial charge < -0.3 is 14.6 Å². The molecule has 3 aromatic heterocycles. The molecule has 1 saturated carbocycles. The summed E-state index contributed by atoms with van der Waals surface area (Å²) in [7, 11) is 2.12. The van der Waals surface area contributed by atoms with Gasteiger partial charge in [0.05, 0.1) is 12.6 Å². The zero-order chi connectivity index (χ0) is 17.7. The minimum Gasteiger partial charge on any atom is -0.367 e. The molecule has 5 rings (SSSR count). The summed E-state index contributed by atoms with van der Waals surface area (Å²) in [6, 6.07) is 4.39. The van der Waals surface area contributed by atoms with Gasteiger partial charge >= 0.3 is 0 Å². The SMILES string of the molecule is CC(C1CC1)n1nc(C2CN(C)CCO2)nc1-c1c[nH]c2ncccc12. The fourth-order valence-corrected chi connectivity index (χ4v) is 3.80. The number of aromatic amines is 1. The van der Waals surface area contributed by atoms with E-state index in [0.717, 1.165) is 47.9 Å². The Morgan fingerprint density at radius 3 is 3.04 bits per heavy atom. The van der Waals surface area contributed by atoms with E-state index in [0.29, 0.717) is 12.0 Å². The summed E-state index contributed by atoms with van der Waals surface area (Å²) in [5.74, 6) is 2.40. The number of H-pyrrole nitrogens is 1. The first-order chi connectivity index (χ1) is 12.7. The average molecular weight is 352 g/mol. The molecule has 136 valence electrons. The lowest BCUT2D eigenvalue weighted by Crippen LogP contribution is -2.35. The van der Waals surface area contributed by atoms with Crippen LogP contribution >= 0.6 is 0 Å². The number of nitrogens with zero attached hydrogens (tertiary/aromatic N) is 5. The third-order valence-electron chi connectivity index (χ3n) is 5.59. The summed E-state index contributed by atoms with van der Waals surface area (Å²) >= 11 is 0. The molecule has 2 aliphatic rings. The number of pyridine rings is 1. The van der Waals surface area contributed by atoms with Gasteiger partial charge in [-0.1, -0.05) is 0 Å². The summed E-state index contributed by atoms with van der Waals surface area (Å²) < 4.78 is 8.07. The average Bonchev–Trinajstić information content (AvgIpc) is 3.27. The molecule has 1 aliphatic carbocycles. The molecule has 7 nitrogen and oxygen atoms in total. The second kappa shape index (κ2) is 6.17. The Bertz CT molecular complexity index is 927. The van der Waals surface area contributed by atoms with Crippen molar-refractivity contribution in [3.8, 4) is 11.4 Å². The van der Waals surface area contributed by atoms with Crippen LogP contribution in [0.5, 0.6) is 0 Å². The van der Waals surface area contributed by atoms with Crippen molar-refractivity contribution in [2.24, 2.45) is 5.92 Å². The van der Waals surface area contributed by atoms with Crippen LogP contribution in [-0.4, -0.2) is 56.4 Å². The van der Waals surface area contributed by atoms with Crippen molar-refractivity contribution in [1.29, 1.82) is 0 Å². The van der Waals surface area contributed by atoms with E-state index >= 15 is 0 Å². The molecule has 0 spiro atoms. The first kappa shape index (κ1) is 16.0. The normalized spacial score (nSPS) is 22.8.